The first-order chi connectivity index (χ1) is 7.68. The molecular formula is C12H16FNS2. The van der Waals surface area contributed by atoms with Crippen LogP contribution in [0.1, 0.15) is 17.2 Å². The summed E-state index contributed by atoms with van der Waals surface area (Å²) < 4.78 is 13.7. The number of thioether (sulfide) groups is 2. The van der Waals surface area contributed by atoms with Gasteiger partial charge in [0.05, 0.1) is 0 Å². The van der Waals surface area contributed by atoms with Crippen LogP contribution in [0, 0.1) is 12.7 Å². The van der Waals surface area contributed by atoms with E-state index in [0.717, 1.165) is 17.1 Å². The maximum absolute atomic E-state index is 13.7. The summed E-state index contributed by atoms with van der Waals surface area (Å²) in [6, 6.07) is 5.00. The largest absolute Gasteiger partial charge is 0.323 e. The summed E-state index contributed by atoms with van der Waals surface area (Å²) in [6.45, 7) is 1.97. The molecule has 1 saturated heterocycles. The van der Waals surface area contributed by atoms with E-state index in [1.807, 2.05) is 36.5 Å². The van der Waals surface area contributed by atoms with Crippen molar-refractivity contribution in [2.45, 2.75) is 18.2 Å². The molecule has 0 spiro atoms. The summed E-state index contributed by atoms with van der Waals surface area (Å²) in [5.41, 5.74) is 7.90. The lowest BCUT2D eigenvalue weighted by Crippen LogP contribution is -2.29. The predicted molar refractivity (Wildman–Crippen MR) is 71.6 cm³/mol. The van der Waals surface area contributed by atoms with Gasteiger partial charge in [0.15, 0.2) is 0 Å². The van der Waals surface area contributed by atoms with E-state index in [4.69, 9.17) is 5.73 Å². The summed E-state index contributed by atoms with van der Waals surface area (Å²) in [4.78, 5) is 0. The number of benzene rings is 1. The third-order valence-electron chi connectivity index (χ3n) is 2.75. The van der Waals surface area contributed by atoms with Crippen LogP contribution in [0.3, 0.4) is 0 Å². The maximum atomic E-state index is 13.7. The average Bonchev–Trinajstić information content (AvgIpc) is 2.32. The molecule has 1 aromatic carbocycles. The number of halogens is 1. The second-order valence-electron chi connectivity index (χ2n) is 4.03. The lowest BCUT2D eigenvalue weighted by atomic mass is 10.0. The van der Waals surface area contributed by atoms with Crippen molar-refractivity contribution in [3.63, 3.8) is 0 Å². The molecule has 0 aliphatic carbocycles. The topological polar surface area (TPSA) is 26.0 Å². The highest BCUT2D eigenvalue weighted by atomic mass is 32.2. The van der Waals surface area contributed by atoms with Gasteiger partial charge in [-0.25, -0.2) is 4.39 Å². The molecule has 1 aliphatic heterocycles. The highest BCUT2D eigenvalue weighted by molar-refractivity contribution is 8.06. The Balaban J connectivity index is 2.18. The van der Waals surface area contributed by atoms with Gasteiger partial charge >= 0.3 is 0 Å². The zero-order valence-corrected chi connectivity index (χ0v) is 10.9. The molecule has 2 atom stereocenters. The molecule has 0 bridgehead atoms. The van der Waals surface area contributed by atoms with E-state index in [9.17, 15) is 4.39 Å². The second-order valence-corrected chi connectivity index (χ2v) is 6.53. The Morgan fingerprint density at radius 2 is 2.25 bits per heavy atom. The van der Waals surface area contributed by atoms with Crippen LogP contribution < -0.4 is 5.73 Å². The van der Waals surface area contributed by atoms with Crippen molar-refractivity contribution in [1.29, 1.82) is 0 Å². The summed E-state index contributed by atoms with van der Waals surface area (Å²) in [7, 11) is 0. The van der Waals surface area contributed by atoms with E-state index in [-0.39, 0.29) is 11.9 Å². The van der Waals surface area contributed by atoms with Crippen LogP contribution in [0.4, 0.5) is 4.39 Å². The van der Waals surface area contributed by atoms with Crippen molar-refractivity contribution in [3.05, 3.63) is 35.1 Å². The van der Waals surface area contributed by atoms with Gasteiger partial charge in [-0.05, 0) is 13.0 Å². The van der Waals surface area contributed by atoms with Crippen molar-refractivity contribution in [3.8, 4) is 0 Å². The molecule has 1 nitrogen and oxygen atoms in total. The van der Waals surface area contributed by atoms with Crippen LogP contribution in [0.2, 0.25) is 0 Å². The Hall–Kier alpha value is -0.190. The van der Waals surface area contributed by atoms with Gasteiger partial charge in [0.25, 0.3) is 0 Å². The molecule has 0 amide bonds. The fourth-order valence-corrected chi connectivity index (χ4v) is 4.63. The van der Waals surface area contributed by atoms with E-state index in [1.165, 1.54) is 11.8 Å². The Morgan fingerprint density at radius 1 is 1.44 bits per heavy atom. The monoisotopic (exact) mass is 257 g/mol. The number of aryl methyl sites for hydroxylation is 1. The summed E-state index contributed by atoms with van der Waals surface area (Å²) in [5, 5.41) is 0.343. The fraction of sp³-hybridized carbons (Fsp3) is 0.500. The minimum absolute atomic E-state index is 0.172. The van der Waals surface area contributed by atoms with E-state index in [1.54, 1.807) is 6.07 Å². The Morgan fingerprint density at radius 3 is 2.94 bits per heavy atom. The summed E-state index contributed by atoms with van der Waals surface area (Å²) >= 11 is 3.78. The number of hydrogen-bond donors (Lipinski definition) is 1. The van der Waals surface area contributed by atoms with Crippen LogP contribution in [-0.4, -0.2) is 22.5 Å². The first kappa shape index (κ1) is 12.3. The van der Waals surface area contributed by atoms with Crippen molar-refractivity contribution < 1.29 is 4.39 Å². The Kier molecular flexibility index (Phi) is 4.16. The van der Waals surface area contributed by atoms with E-state index >= 15 is 0 Å². The van der Waals surface area contributed by atoms with Gasteiger partial charge < -0.3 is 5.73 Å². The second kappa shape index (κ2) is 5.43. The molecule has 16 heavy (non-hydrogen) atoms. The van der Waals surface area contributed by atoms with Crippen LogP contribution >= 0.6 is 23.5 Å². The standard InChI is InChI=1S/C12H16FNS2/c1-8-2-3-10(13)9(6-8)12(14)11-7-15-4-5-16-11/h2-3,6,11-12H,4-5,7,14H2,1H3. The smallest absolute Gasteiger partial charge is 0.128 e. The molecule has 1 fully saturated rings. The van der Waals surface area contributed by atoms with Gasteiger partial charge in [-0.2, -0.15) is 23.5 Å². The first-order valence-electron chi connectivity index (χ1n) is 5.39. The summed E-state index contributed by atoms with van der Waals surface area (Å²) in [5.74, 6) is 3.16. The molecule has 4 heteroatoms. The molecule has 1 aliphatic rings. The van der Waals surface area contributed by atoms with E-state index in [2.05, 4.69) is 0 Å². The predicted octanol–water partition coefficient (Wildman–Crippen LogP) is 2.98. The molecule has 0 saturated carbocycles. The van der Waals surface area contributed by atoms with Crippen molar-refractivity contribution in [2.75, 3.05) is 17.3 Å². The molecule has 2 N–H and O–H groups in total. The lowest BCUT2D eigenvalue weighted by Gasteiger charge is -2.27. The quantitative estimate of drug-likeness (QED) is 0.882. The third-order valence-corrected chi connectivity index (χ3v) is 5.64. The molecule has 1 aromatic rings. The molecule has 1 heterocycles. The van der Waals surface area contributed by atoms with Gasteiger partial charge in [-0.15, -0.1) is 0 Å². The Bertz CT molecular complexity index is 364. The van der Waals surface area contributed by atoms with Crippen LogP contribution in [0.15, 0.2) is 18.2 Å². The minimum Gasteiger partial charge on any atom is -0.323 e. The molecule has 2 unspecified atom stereocenters. The highest BCUT2D eigenvalue weighted by Crippen LogP contribution is 2.33. The maximum Gasteiger partial charge on any atom is 0.128 e. The van der Waals surface area contributed by atoms with Crippen LogP contribution in [-0.2, 0) is 0 Å². The van der Waals surface area contributed by atoms with Crippen molar-refractivity contribution in [2.24, 2.45) is 5.73 Å². The lowest BCUT2D eigenvalue weighted by molar-refractivity contribution is 0.580. The zero-order chi connectivity index (χ0) is 11.5. The SMILES string of the molecule is Cc1ccc(F)c(C(N)C2CSCCS2)c1. The van der Waals surface area contributed by atoms with Gasteiger partial charge in [-0.1, -0.05) is 17.7 Å². The molecule has 0 aromatic heterocycles. The number of rotatable bonds is 2. The van der Waals surface area contributed by atoms with Gasteiger partial charge in [0.1, 0.15) is 5.82 Å². The van der Waals surface area contributed by atoms with Crippen LogP contribution in [0.5, 0.6) is 0 Å². The van der Waals surface area contributed by atoms with Crippen molar-refractivity contribution in [1.82, 2.24) is 0 Å². The molecule has 0 radical (unpaired) electrons. The van der Waals surface area contributed by atoms with Crippen LogP contribution in [0.25, 0.3) is 0 Å². The number of nitrogens with two attached hydrogens (primary N) is 1. The highest BCUT2D eigenvalue weighted by Gasteiger charge is 2.24. The van der Waals surface area contributed by atoms with E-state index < -0.39 is 0 Å². The van der Waals surface area contributed by atoms with Gasteiger partial charge in [0.2, 0.25) is 0 Å². The van der Waals surface area contributed by atoms with Crippen molar-refractivity contribution >= 4 is 23.5 Å². The average molecular weight is 257 g/mol. The number of hydrogen-bond acceptors (Lipinski definition) is 3. The summed E-state index contributed by atoms with van der Waals surface area (Å²) in [6.07, 6.45) is 0. The molecular weight excluding hydrogens is 241 g/mol. The van der Waals surface area contributed by atoms with Gasteiger partial charge in [-0.3, -0.25) is 0 Å². The Labute approximate surface area is 104 Å². The molecule has 2 rings (SSSR count). The fourth-order valence-electron chi connectivity index (χ4n) is 1.83. The third kappa shape index (κ3) is 2.73. The van der Waals surface area contributed by atoms with Gasteiger partial charge in [0, 0.05) is 34.1 Å². The minimum atomic E-state index is -0.183. The molecule has 88 valence electrons. The first-order valence-corrected chi connectivity index (χ1v) is 7.60. The normalized spacial score (nSPS) is 23.1. The van der Waals surface area contributed by atoms with E-state index in [0.29, 0.717) is 10.8 Å². The zero-order valence-electron chi connectivity index (χ0n) is 9.28.